The monoisotopic (exact) mass is 264 g/mol. The van der Waals surface area contributed by atoms with Crippen LogP contribution in [0.15, 0.2) is 12.1 Å². The molecule has 1 aliphatic rings. The first-order chi connectivity index (χ1) is 9.17. The molecule has 0 aliphatic carbocycles. The lowest BCUT2D eigenvalue weighted by Gasteiger charge is -2.29. The maximum absolute atomic E-state index is 6.45. The van der Waals surface area contributed by atoms with Gasteiger partial charge in [0.25, 0.3) is 0 Å². The first kappa shape index (κ1) is 14.2. The van der Waals surface area contributed by atoms with Gasteiger partial charge in [0.15, 0.2) is 11.5 Å². The van der Waals surface area contributed by atoms with Gasteiger partial charge in [-0.3, -0.25) is 0 Å². The average molecular weight is 264 g/mol. The van der Waals surface area contributed by atoms with Crippen LogP contribution in [0.2, 0.25) is 0 Å². The van der Waals surface area contributed by atoms with Crippen LogP contribution in [0.4, 0.5) is 0 Å². The molecule has 0 saturated carbocycles. The number of piperidine rings is 1. The zero-order valence-electron chi connectivity index (χ0n) is 12.0. The maximum atomic E-state index is 6.45. The van der Waals surface area contributed by atoms with Crippen molar-refractivity contribution in [2.45, 2.75) is 25.8 Å². The summed E-state index contributed by atoms with van der Waals surface area (Å²) < 4.78 is 10.7. The molecule has 4 heteroatoms. The van der Waals surface area contributed by atoms with E-state index < -0.39 is 0 Å². The highest BCUT2D eigenvalue weighted by Gasteiger charge is 2.24. The summed E-state index contributed by atoms with van der Waals surface area (Å²) in [5, 5.41) is 3.42. The highest BCUT2D eigenvalue weighted by Crippen LogP contribution is 2.35. The molecule has 1 heterocycles. The van der Waals surface area contributed by atoms with E-state index >= 15 is 0 Å². The smallest absolute Gasteiger partial charge is 0.161 e. The second kappa shape index (κ2) is 6.26. The number of methoxy groups -OCH3 is 2. The molecule has 0 radical (unpaired) electrons. The number of aryl methyl sites for hydroxylation is 1. The Morgan fingerprint density at radius 3 is 2.53 bits per heavy atom. The lowest BCUT2D eigenvalue weighted by atomic mass is 9.86. The van der Waals surface area contributed by atoms with E-state index in [4.69, 9.17) is 15.2 Å². The number of ether oxygens (including phenoxy) is 2. The molecule has 19 heavy (non-hydrogen) atoms. The minimum atomic E-state index is 0.0487. The summed E-state index contributed by atoms with van der Waals surface area (Å²) in [4.78, 5) is 0. The predicted octanol–water partition coefficient (Wildman–Crippen LogP) is 2.01. The molecule has 0 aromatic heterocycles. The first-order valence-electron chi connectivity index (χ1n) is 6.86. The van der Waals surface area contributed by atoms with Crippen LogP contribution in [0.3, 0.4) is 0 Å². The number of nitrogens with two attached hydrogens (primary N) is 1. The maximum Gasteiger partial charge on any atom is 0.161 e. The second-order valence-electron chi connectivity index (χ2n) is 5.20. The van der Waals surface area contributed by atoms with Gasteiger partial charge in [-0.25, -0.2) is 0 Å². The summed E-state index contributed by atoms with van der Waals surface area (Å²) in [5.74, 6) is 2.01. The van der Waals surface area contributed by atoms with Crippen molar-refractivity contribution < 1.29 is 9.47 Å². The summed E-state index contributed by atoms with van der Waals surface area (Å²) in [7, 11) is 3.31. The van der Waals surface area contributed by atoms with E-state index in [0.717, 1.165) is 35.7 Å². The van der Waals surface area contributed by atoms with Crippen molar-refractivity contribution in [2.75, 3.05) is 27.3 Å². The molecule has 1 aliphatic heterocycles. The zero-order chi connectivity index (χ0) is 13.8. The van der Waals surface area contributed by atoms with Gasteiger partial charge in [-0.2, -0.15) is 0 Å². The van der Waals surface area contributed by atoms with Crippen molar-refractivity contribution >= 4 is 0 Å². The van der Waals surface area contributed by atoms with Crippen LogP contribution in [0.25, 0.3) is 0 Å². The second-order valence-corrected chi connectivity index (χ2v) is 5.20. The van der Waals surface area contributed by atoms with Crippen molar-refractivity contribution in [3.8, 4) is 11.5 Å². The van der Waals surface area contributed by atoms with Crippen molar-refractivity contribution in [3.05, 3.63) is 23.3 Å². The minimum Gasteiger partial charge on any atom is -0.493 e. The molecule has 2 atom stereocenters. The van der Waals surface area contributed by atoms with E-state index in [0.29, 0.717) is 5.92 Å². The van der Waals surface area contributed by atoms with Crippen molar-refractivity contribution in [1.82, 2.24) is 5.32 Å². The van der Waals surface area contributed by atoms with Gasteiger partial charge in [0, 0.05) is 6.04 Å². The summed E-state index contributed by atoms with van der Waals surface area (Å²) in [6.45, 7) is 4.18. The molecule has 1 fully saturated rings. The van der Waals surface area contributed by atoms with Crippen LogP contribution in [-0.4, -0.2) is 27.3 Å². The van der Waals surface area contributed by atoms with Gasteiger partial charge in [-0.1, -0.05) is 0 Å². The van der Waals surface area contributed by atoms with E-state index in [1.165, 1.54) is 12.8 Å². The highest BCUT2D eigenvalue weighted by molar-refractivity contribution is 5.48. The lowest BCUT2D eigenvalue weighted by Crippen LogP contribution is -2.36. The molecule has 0 bridgehead atoms. The number of hydrogen-bond donors (Lipinski definition) is 2. The molecule has 1 aromatic rings. The van der Waals surface area contributed by atoms with Crippen LogP contribution < -0.4 is 20.5 Å². The zero-order valence-corrected chi connectivity index (χ0v) is 12.0. The Bertz CT molecular complexity index is 428. The van der Waals surface area contributed by atoms with E-state index in [9.17, 15) is 0 Å². The third-order valence-corrected chi connectivity index (χ3v) is 3.97. The lowest BCUT2D eigenvalue weighted by molar-refractivity contribution is 0.322. The minimum absolute atomic E-state index is 0.0487. The van der Waals surface area contributed by atoms with Gasteiger partial charge >= 0.3 is 0 Å². The van der Waals surface area contributed by atoms with E-state index in [1.807, 2.05) is 12.1 Å². The van der Waals surface area contributed by atoms with Gasteiger partial charge in [0.05, 0.1) is 14.2 Å². The van der Waals surface area contributed by atoms with Gasteiger partial charge < -0.3 is 20.5 Å². The fourth-order valence-electron chi connectivity index (χ4n) is 2.79. The van der Waals surface area contributed by atoms with Crippen molar-refractivity contribution in [1.29, 1.82) is 0 Å². The molecule has 1 saturated heterocycles. The molecule has 2 unspecified atom stereocenters. The van der Waals surface area contributed by atoms with Crippen molar-refractivity contribution in [3.63, 3.8) is 0 Å². The summed E-state index contributed by atoms with van der Waals surface area (Å²) in [6, 6.07) is 4.07. The molecule has 3 N–H and O–H groups in total. The fourth-order valence-corrected chi connectivity index (χ4v) is 2.79. The fraction of sp³-hybridized carbons (Fsp3) is 0.600. The largest absolute Gasteiger partial charge is 0.493 e. The van der Waals surface area contributed by atoms with E-state index in [-0.39, 0.29) is 6.04 Å². The van der Waals surface area contributed by atoms with Gasteiger partial charge in [0.1, 0.15) is 0 Å². The van der Waals surface area contributed by atoms with Crippen LogP contribution in [-0.2, 0) is 0 Å². The van der Waals surface area contributed by atoms with Crippen LogP contribution in [0, 0.1) is 12.8 Å². The van der Waals surface area contributed by atoms with E-state index in [2.05, 4.69) is 12.2 Å². The summed E-state index contributed by atoms with van der Waals surface area (Å²) in [6.07, 6.45) is 2.38. The molecule has 4 nitrogen and oxygen atoms in total. The first-order valence-corrected chi connectivity index (χ1v) is 6.86. The molecular weight excluding hydrogens is 240 g/mol. The number of rotatable bonds is 4. The van der Waals surface area contributed by atoms with Crippen LogP contribution in [0.1, 0.15) is 30.0 Å². The standard InChI is InChI=1S/C15H24N2O2/c1-10-7-13(18-2)14(19-3)8-12(10)15(16)11-5-4-6-17-9-11/h7-8,11,15,17H,4-6,9,16H2,1-3H3. The third kappa shape index (κ3) is 3.01. The normalized spacial score (nSPS) is 20.9. The predicted molar refractivity (Wildman–Crippen MR) is 76.8 cm³/mol. The Balaban J connectivity index is 2.27. The van der Waals surface area contributed by atoms with Crippen molar-refractivity contribution in [2.24, 2.45) is 11.7 Å². The summed E-state index contributed by atoms with van der Waals surface area (Å²) in [5.41, 5.74) is 8.77. The average Bonchev–Trinajstić information content (AvgIpc) is 2.47. The topological polar surface area (TPSA) is 56.5 Å². The van der Waals surface area contributed by atoms with Crippen LogP contribution >= 0.6 is 0 Å². The molecule has 2 rings (SSSR count). The molecular formula is C15H24N2O2. The SMILES string of the molecule is COc1cc(C)c(C(N)C2CCCNC2)cc1OC. The number of benzene rings is 1. The number of hydrogen-bond acceptors (Lipinski definition) is 4. The Morgan fingerprint density at radius 1 is 1.26 bits per heavy atom. The number of nitrogens with one attached hydrogen (secondary N) is 1. The molecule has 1 aromatic carbocycles. The molecule has 0 spiro atoms. The Kier molecular flexibility index (Phi) is 4.66. The Labute approximate surface area is 115 Å². The summed E-state index contributed by atoms with van der Waals surface area (Å²) >= 11 is 0. The Morgan fingerprint density at radius 2 is 1.95 bits per heavy atom. The van der Waals surface area contributed by atoms with Gasteiger partial charge in [-0.05, 0) is 62.0 Å². The van der Waals surface area contributed by atoms with Gasteiger partial charge in [0.2, 0.25) is 0 Å². The quantitative estimate of drug-likeness (QED) is 0.873. The Hall–Kier alpha value is -1.26. The molecule has 106 valence electrons. The third-order valence-electron chi connectivity index (χ3n) is 3.97. The highest BCUT2D eigenvalue weighted by atomic mass is 16.5. The van der Waals surface area contributed by atoms with Gasteiger partial charge in [-0.15, -0.1) is 0 Å². The van der Waals surface area contributed by atoms with Crippen LogP contribution in [0.5, 0.6) is 11.5 Å². The molecule has 0 amide bonds. The van der Waals surface area contributed by atoms with E-state index in [1.54, 1.807) is 14.2 Å².